The number of hydrogen-bond donors (Lipinski definition) is 1. The van der Waals surface area contributed by atoms with Crippen LogP contribution in [-0.4, -0.2) is 28.4 Å². The summed E-state index contributed by atoms with van der Waals surface area (Å²) in [6, 6.07) is 5.67. The number of halogens is 1. The molecule has 1 aromatic heterocycles. The first kappa shape index (κ1) is 16.2. The highest BCUT2D eigenvalue weighted by atomic mass is 32.1. The molecule has 2 aromatic rings. The molecule has 1 amide bonds. The fraction of sp³-hybridized carbons (Fsp3) is 0.250. The van der Waals surface area contributed by atoms with Crippen LogP contribution in [0.5, 0.6) is 0 Å². The van der Waals surface area contributed by atoms with Crippen LogP contribution in [0.15, 0.2) is 29.6 Å². The summed E-state index contributed by atoms with van der Waals surface area (Å²) in [5.41, 5.74) is 2.07. The van der Waals surface area contributed by atoms with Gasteiger partial charge in [-0.3, -0.25) is 9.59 Å². The number of carboxylic acid groups (broad SMARTS) is 1. The molecule has 1 heterocycles. The minimum absolute atomic E-state index is 0.125. The standard InChI is InChI=1S/C16H16FNO3S/c1-10-11(2)22-9-14(10)16(21)18(8-15(19)20)7-12-3-5-13(17)6-4-12/h3-6,9H,7-8H2,1-2H3,(H,19,20). The van der Waals surface area contributed by atoms with Crippen LogP contribution in [0.2, 0.25) is 0 Å². The van der Waals surface area contributed by atoms with Gasteiger partial charge in [0.25, 0.3) is 5.91 Å². The smallest absolute Gasteiger partial charge is 0.323 e. The monoisotopic (exact) mass is 321 g/mol. The van der Waals surface area contributed by atoms with Gasteiger partial charge < -0.3 is 10.0 Å². The Hall–Kier alpha value is -2.21. The first-order valence-corrected chi connectivity index (χ1v) is 7.56. The van der Waals surface area contributed by atoms with Gasteiger partial charge in [-0.15, -0.1) is 11.3 Å². The minimum Gasteiger partial charge on any atom is -0.480 e. The summed E-state index contributed by atoms with van der Waals surface area (Å²) in [5.74, 6) is -1.78. The second-order valence-electron chi connectivity index (χ2n) is 5.01. The maximum absolute atomic E-state index is 12.9. The van der Waals surface area contributed by atoms with Crippen molar-refractivity contribution in [2.75, 3.05) is 6.54 Å². The molecule has 4 nitrogen and oxygen atoms in total. The molecule has 6 heteroatoms. The summed E-state index contributed by atoms with van der Waals surface area (Å²) in [4.78, 5) is 25.9. The van der Waals surface area contributed by atoms with Crippen molar-refractivity contribution in [3.63, 3.8) is 0 Å². The third-order valence-corrected chi connectivity index (χ3v) is 4.43. The van der Waals surface area contributed by atoms with Crippen LogP contribution in [0.1, 0.15) is 26.4 Å². The molecular formula is C16H16FNO3S. The molecule has 0 unspecified atom stereocenters. The Bertz CT molecular complexity index is 694. The second-order valence-corrected chi connectivity index (χ2v) is 6.10. The second kappa shape index (κ2) is 6.70. The number of carbonyl (C=O) groups excluding carboxylic acids is 1. The molecule has 0 bridgehead atoms. The zero-order chi connectivity index (χ0) is 16.3. The average Bonchev–Trinajstić information content (AvgIpc) is 2.79. The van der Waals surface area contributed by atoms with Crippen molar-refractivity contribution in [1.82, 2.24) is 4.90 Å². The predicted molar refractivity (Wildman–Crippen MR) is 82.6 cm³/mol. The van der Waals surface area contributed by atoms with Gasteiger partial charge in [0.2, 0.25) is 0 Å². The maximum Gasteiger partial charge on any atom is 0.323 e. The number of nitrogens with zero attached hydrogens (tertiary/aromatic N) is 1. The highest BCUT2D eigenvalue weighted by Gasteiger charge is 2.22. The summed E-state index contributed by atoms with van der Waals surface area (Å²) in [6.07, 6.45) is 0. The molecule has 0 atom stereocenters. The van der Waals surface area contributed by atoms with Crippen molar-refractivity contribution in [1.29, 1.82) is 0 Å². The number of aliphatic carboxylic acids is 1. The van der Waals surface area contributed by atoms with Gasteiger partial charge in [0.1, 0.15) is 12.4 Å². The lowest BCUT2D eigenvalue weighted by atomic mass is 10.1. The molecule has 116 valence electrons. The molecule has 0 saturated carbocycles. The molecule has 0 radical (unpaired) electrons. The van der Waals surface area contributed by atoms with Gasteiger partial charge in [-0.2, -0.15) is 0 Å². The number of thiophene rings is 1. The lowest BCUT2D eigenvalue weighted by Crippen LogP contribution is -2.35. The van der Waals surface area contributed by atoms with Crippen LogP contribution < -0.4 is 0 Å². The van der Waals surface area contributed by atoms with E-state index < -0.39 is 12.5 Å². The van der Waals surface area contributed by atoms with Crippen molar-refractivity contribution in [3.05, 3.63) is 57.0 Å². The molecule has 0 saturated heterocycles. The minimum atomic E-state index is -1.08. The fourth-order valence-electron chi connectivity index (χ4n) is 2.07. The van der Waals surface area contributed by atoms with Crippen molar-refractivity contribution in [2.24, 2.45) is 0 Å². The number of amides is 1. The van der Waals surface area contributed by atoms with E-state index in [2.05, 4.69) is 0 Å². The Kier molecular flexibility index (Phi) is 4.92. The van der Waals surface area contributed by atoms with Crippen LogP contribution in [0, 0.1) is 19.7 Å². The summed E-state index contributed by atoms with van der Waals surface area (Å²) < 4.78 is 12.9. The van der Waals surface area contributed by atoms with Crippen molar-refractivity contribution in [3.8, 4) is 0 Å². The summed E-state index contributed by atoms with van der Waals surface area (Å²) in [7, 11) is 0. The van der Waals surface area contributed by atoms with Crippen LogP contribution >= 0.6 is 11.3 Å². The molecule has 1 N–H and O–H groups in total. The van der Waals surface area contributed by atoms with E-state index in [1.54, 1.807) is 17.5 Å². The largest absolute Gasteiger partial charge is 0.480 e. The van der Waals surface area contributed by atoms with Crippen molar-refractivity contribution >= 4 is 23.2 Å². The first-order valence-electron chi connectivity index (χ1n) is 6.68. The van der Waals surface area contributed by atoms with E-state index in [4.69, 9.17) is 5.11 Å². The molecule has 0 aliphatic rings. The van der Waals surface area contributed by atoms with E-state index in [0.717, 1.165) is 10.4 Å². The van der Waals surface area contributed by atoms with Gasteiger partial charge in [-0.05, 0) is 37.1 Å². The lowest BCUT2D eigenvalue weighted by Gasteiger charge is -2.21. The highest BCUT2D eigenvalue weighted by molar-refractivity contribution is 7.10. The summed E-state index contributed by atoms with van der Waals surface area (Å²) >= 11 is 1.46. The highest BCUT2D eigenvalue weighted by Crippen LogP contribution is 2.22. The van der Waals surface area contributed by atoms with E-state index in [9.17, 15) is 14.0 Å². The molecule has 22 heavy (non-hydrogen) atoms. The van der Waals surface area contributed by atoms with Gasteiger partial charge in [0, 0.05) is 16.8 Å². The van der Waals surface area contributed by atoms with Gasteiger partial charge in [-0.1, -0.05) is 12.1 Å². The quantitative estimate of drug-likeness (QED) is 0.920. The number of carbonyl (C=O) groups is 2. The Balaban J connectivity index is 2.25. The van der Waals surface area contributed by atoms with Gasteiger partial charge >= 0.3 is 5.97 Å². The average molecular weight is 321 g/mol. The Morgan fingerprint density at radius 2 is 1.86 bits per heavy atom. The van der Waals surface area contributed by atoms with E-state index >= 15 is 0 Å². The van der Waals surface area contributed by atoms with Crippen molar-refractivity contribution < 1.29 is 19.1 Å². The van der Waals surface area contributed by atoms with Crippen LogP contribution in [0.4, 0.5) is 4.39 Å². The van der Waals surface area contributed by atoms with Crippen LogP contribution in [0.3, 0.4) is 0 Å². The van der Waals surface area contributed by atoms with Crippen LogP contribution in [0.25, 0.3) is 0 Å². The number of rotatable bonds is 5. The molecular weight excluding hydrogens is 305 g/mol. The third-order valence-electron chi connectivity index (χ3n) is 3.42. The lowest BCUT2D eigenvalue weighted by molar-refractivity contribution is -0.137. The van der Waals surface area contributed by atoms with E-state index in [0.29, 0.717) is 11.1 Å². The van der Waals surface area contributed by atoms with Gasteiger partial charge in [-0.25, -0.2) is 4.39 Å². The predicted octanol–water partition coefficient (Wildman–Crippen LogP) is 3.23. The molecule has 2 rings (SSSR count). The Morgan fingerprint density at radius 1 is 1.23 bits per heavy atom. The number of carboxylic acids is 1. The summed E-state index contributed by atoms with van der Waals surface area (Å²) in [6.45, 7) is 3.48. The van der Waals surface area contributed by atoms with E-state index in [-0.39, 0.29) is 18.3 Å². The molecule has 0 fully saturated rings. The molecule has 1 aromatic carbocycles. The zero-order valence-electron chi connectivity index (χ0n) is 12.3. The molecule has 0 spiro atoms. The van der Waals surface area contributed by atoms with E-state index in [1.807, 2.05) is 13.8 Å². The molecule has 0 aliphatic carbocycles. The van der Waals surface area contributed by atoms with E-state index in [1.165, 1.54) is 28.4 Å². The maximum atomic E-state index is 12.9. The SMILES string of the molecule is Cc1scc(C(=O)N(CC(=O)O)Cc2ccc(F)cc2)c1C. The van der Waals surface area contributed by atoms with Crippen molar-refractivity contribution in [2.45, 2.75) is 20.4 Å². The van der Waals surface area contributed by atoms with Gasteiger partial charge in [0.05, 0.1) is 5.56 Å². The zero-order valence-corrected chi connectivity index (χ0v) is 13.1. The number of benzene rings is 1. The first-order chi connectivity index (χ1) is 10.4. The summed E-state index contributed by atoms with van der Waals surface area (Å²) in [5, 5.41) is 10.8. The molecule has 0 aliphatic heterocycles. The Labute approximate surface area is 131 Å². The fourth-order valence-corrected chi connectivity index (χ4v) is 2.93. The number of aryl methyl sites for hydroxylation is 1. The Morgan fingerprint density at radius 3 is 2.36 bits per heavy atom. The topological polar surface area (TPSA) is 57.6 Å². The number of hydrogen-bond acceptors (Lipinski definition) is 3. The normalized spacial score (nSPS) is 10.5. The third kappa shape index (κ3) is 3.71. The van der Waals surface area contributed by atoms with Crippen LogP contribution in [-0.2, 0) is 11.3 Å². The van der Waals surface area contributed by atoms with Gasteiger partial charge in [0.15, 0.2) is 0 Å².